The first kappa shape index (κ1) is 12.9. The van der Waals surface area contributed by atoms with E-state index in [2.05, 4.69) is 32.4 Å². The van der Waals surface area contributed by atoms with Crippen molar-refractivity contribution < 1.29 is 4.73 Å². The maximum Gasteiger partial charge on any atom is 0.238 e. The second-order valence-corrected chi connectivity index (χ2v) is 7.08. The van der Waals surface area contributed by atoms with Crippen LogP contribution in [0.1, 0.15) is 25.6 Å². The van der Waals surface area contributed by atoms with E-state index in [1.807, 2.05) is 13.1 Å². The van der Waals surface area contributed by atoms with Crippen molar-refractivity contribution in [3.8, 4) is 0 Å². The summed E-state index contributed by atoms with van der Waals surface area (Å²) < 4.78 is 5.00. The Balaban J connectivity index is 2.31. The molecule has 0 saturated carbocycles. The number of rotatable bonds is 3. The molecule has 0 spiro atoms. The van der Waals surface area contributed by atoms with Crippen LogP contribution in [0.15, 0.2) is 16.0 Å². The molecule has 0 unspecified atom stereocenters. The van der Waals surface area contributed by atoms with Crippen LogP contribution in [0.25, 0.3) is 21.3 Å². The van der Waals surface area contributed by atoms with Crippen LogP contribution in [0.4, 0.5) is 0 Å². The molecule has 0 aliphatic heterocycles. The van der Waals surface area contributed by atoms with Crippen molar-refractivity contribution in [3.63, 3.8) is 0 Å². The lowest BCUT2D eigenvalue weighted by molar-refractivity contribution is -0.575. The molecule has 0 aliphatic carbocycles. The van der Waals surface area contributed by atoms with E-state index in [0.29, 0.717) is 5.52 Å². The summed E-state index contributed by atoms with van der Waals surface area (Å²) in [6, 6.07) is 1.87. The summed E-state index contributed by atoms with van der Waals surface area (Å²) >= 11 is 5.04. The zero-order valence-electron chi connectivity index (χ0n) is 10.8. The van der Waals surface area contributed by atoms with E-state index >= 15 is 0 Å². The van der Waals surface area contributed by atoms with Gasteiger partial charge in [-0.3, -0.25) is 0 Å². The van der Waals surface area contributed by atoms with E-state index in [0.717, 1.165) is 49.3 Å². The lowest BCUT2D eigenvalue weighted by Gasteiger charge is -2.02. The van der Waals surface area contributed by atoms with Crippen molar-refractivity contribution in [2.75, 3.05) is 0 Å². The standard InChI is InChI=1S/C13H14BrN3OS/c1-3-4-5-11-15-8-7-17(18)9-6-10(14)19-13(9)12(8)16(11)2/h6-7H,3-5H2,1-2H3. The van der Waals surface area contributed by atoms with Gasteiger partial charge in [0, 0.05) is 19.5 Å². The lowest BCUT2D eigenvalue weighted by Crippen LogP contribution is -2.25. The fourth-order valence-electron chi connectivity index (χ4n) is 2.35. The van der Waals surface area contributed by atoms with Gasteiger partial charge in [0.2, 0.25) is 11.7 Å². The molecule has 0 amide bonds. The Morgan fingerprint density at radius 1 is 1.53 bits per heavy atom. The van der Waals surface area contributed by atoms with E-state index in [1.54, 1.807) is 17.5 Å². The molecule has 0 aromatic carbocycles. The third kappa shape index (κ3) is 2.03. The third-order valence-corrected chi connectivity index (χ3v) is 4.98. The summed E-state index contributed by atoms with van der Waals surface area (Å²) in [5, 5.41) is 12.0. The van der Waals surface area contributed by atoms with Crippen molar-refractivity contribution in [1.82, 2.24) is 9.55 Å². The smallest absolute Gasteiger partial charge is 0.238 e. The maximum absolute atomic E-state index is 12.0. The number of aromatic nitrogens is 3. The average molecular weight is 340 g/mol. The molecule has 0 saturated heterocycles. The average Bonchev–Trinajstić information content (AvgIpc) is 2.88. The van der Waals surface area contributed by atoms with Crippen molar-refractivity contribution in [2.45, 2.75) is 26.2 Å². The van der Waals surface area contributed by atoms with E-state index < -0.39 is 0 Å². The van der Waals surface area contributed by atoms with Crippen molar-refractivity contribution in [1.29, 1.82) is 0 Å². The predicted molar refractivity (Wildman–Crippen MR) is 81.4 cm³/mol. The number of aryl methyl sites for hydroxylation is 2. The fraction of sp³-hybridized carbons (Fsp3) is 0.385. The molecule has 0 bridgehead atoms. The van der Waals surface area contributed by atoms with Gasteiger partial charge in [-0.05, 0) is 22.4 Å². The zero-order chi connectivity index (χ0) is 13.6. The van der Waals surface area contributed by atoms with Crippen molar-refractivity contribution in [2.24, 2.45) is 7.05 Å². The number of unbranched alkanes of at least 4 members (excludes halogenated alkanes) is 1. The first-order valence-corrected chi connectivity index (χ1v) is 7.89. The Kier molecular flexibility index (Phi) is 3.22. The van der Waals surface area contributed by atoms with Crippen molar-refractivity contribution >= 4 is 48.5 Å². The monoisotopic (exact) mass is 339 g/mol. The molecule has 0 aliphatic rings. The van der Waals surface area contributed by atoms with Gasteiger partial charge in [0.1, 0.15) is 10.5 Å². The maximum atomic E-state index is 12.0. The summed E-state index contributed by atoms with van der Waals surface area (Å²) in [6.45, 7) is 2.17. The van der Waals surface area contributed by atoms with E-state index in [9.17, 15) is 5.21 Å². The molecule has 3 heterocycles. The minimum Gasteiger partial charge on any atom is -0.618 e. The van der Waals surface area contributed by atoms with Gasteiger partial charge in [-0.2, -0.15) is 4.73 Å². The molecule has 0 fully saturated rings. The molecule has 100 valence electrons. The number of thiophene rings is 1. The lowest BCUT2D eigenvalue weighted by atomic mass is 10.2. The molecule has 4 nitrogen and oxygen atoms in total. The number of hydrogen-bond acceptors (Lipinski definition) is 3. The Labute approximate surface area is 123 Å². The molecule has 0 radical (unpaired) electrons. The van der Waals surface area contributed by atoms with E-state index in [-0.39, 0.29) is 0 Å². The van der Waals surface area contributed by atoms with Gasteiger partial charge in [0.15, 0.2) is 5.52 Å². The first-order valence-electron chi connectivity index (χ1n) is 6.28. The SMILES string of the molecule is CCCCc1nc2c[n+]([O-])c3cc(Br)sc3c2n1C. The number of halogens is 1. The van der Waals surface area contributed by atoms with Crippen LogP contribution < -0.4 is 4.73 Å². The van der Waals surface area contributed by atoms with Gasteiger partial charge in [-0.25, -0.2) is 4.98 Å². The highest BCUT2D eigenvalue weighted by Crippen LogP contribution is 2.33. The van der Waals surface area contributed by atoms with Crippen LogP contribution in [0, 0.1) is 5.21 Å². The zero-order valence-corrected chi connectivity index (χ0v) is 13.2. The second kappa shape index (κ2) is 4.76. The number of hydrogen-bond donors (Lipinski definition) is 0. The Hall–Kier alpha value is -1.14. The highest BCUT2D eigenvalue weighted by atomic mass is 79.9. The van der Waals surface area contributed by atoms with E-state index in [1.165, 1.54) is 0 Å². The van der Waals surface area contributed by atoms with Gasteiger partial charge >= 0.3 is 0 Å². The highest BCUT2D eigenvalue weighted by Gasteiger charge is 2.18. The molecule has 6 heteroatoms. The molecular weight excluding hydrogens is 326 g/mol. The summed E-state index contributed by atoms with van der Waals surface area (Å²) in [5.74, 6) is 1.05. The van der Waals surface area contributed by atoms with Gasteiger partial charge in [-0.1, -0.05) is 13.3 Å². The molecule has 0 N–H and O–H groups in total. The summed E-state index contributed by atoms with van der Waals surface area (Å²) in [4.78, 5) is 4.60. The molecule has 0 atom stereocenters. The van der Waals surface area contributed by atoms with E-state index in [4.69, 9.17) is 0 Å². The first-order chi connectivity index (χ1) is 9.11. The summed E-state index contributed by atoms with van der Waals surface area (Å²) in [6.07, 6.45) is 4.79. The molecule has 3 aromatic rings. The Morgan fingerprint density at radius 3 is 3.05 bits per heavy atom. The molecule has 3 aromatic heterocycles. The largest absolute Gasteiger partial charge is 0.618 e. The van der Waals surface area contributed by atoms with Gasteiger partial charge in [0.05, 0.1) is 9.30 Å². The van der Waals surface area contributed by atoms with Gasteiger partial charge < -0.3 is 9.77 Å². The molecule has 3 rings (SSSR count). The Morgan fingerprint density at radius 2 is 2.32 bits per heavy atom. The topological polar surface area (TPSA) is 44.8 Å². The van der Waals surface area contributed by atoms with Crippen molar-refractivity contribution in [3.05, 3.63) is 27.1 Å². The number of pyridine rings is 1. The Bertz CT molecular complexity index is 762. The number of imidazole rings is 1. The third-order valence-electron chi connectivity index (χ3n) is 3.34. The molecular formula is C13H14BrN3OS. The van der Waals surface area contributed by atoms with Crippen LogP contribution in [0.3, 0.4) is 0 Å². The summed E-state index contributed by atoms with van der Waals surface area (Å²) in [7, 11) is 2.03. The van der Waals surface area contributed by atoms with Gasteiger partial charge in [-0.15, -0.1) is 11.3 Å². The van der Waals surface area contributed by atoms with Crippen LogP contribution in [0.2, 0.25) is 0 Å². The van der Waals surface area contributed by atoms with Crippen LogP contribution in [-0.4, -0.2) is 9.55 Å². The predicted octanol–water partition coefficient (Wildman–Crippen LogP) is 3.53. The number of fused-ring (bicyclic) bond motifs is 3. The van der Waals surface area contributed by atoms with Gasteiger partial charge in [0.25, 0.3) is 0 Å². The fourth-order valence-corrected chi connectivity index (χ4v) is 4.01. The molecule has 19 heavy (non-hydrogen) atoms. The van der Waals surface area contributed by atoms with Crippen LogP contribution in [0.5, 0.6) is 0 Å². The quantitative estimate of drug-likeness (QED) is 0.541. The minimum absolute atomic E-state index is 0.703. The second-order valence-electron chi connectivity index (χ2n) is 4.64. The summed E-state index contributed by atoms with van der Waals surface area (Å²) in [5.41, 5.74) is 2.55. The number of nitrogens with zero attached hydrogens (tertiary/aromatic N) is 3. The van der Waals surface area contributed by atoms with Crippen LogP contribution >= 0.6 is 27.3 Å². The highest BCUT2D eigenvalue weighted by molar-refractivity contribution is 9.11. The van der Waals surface area contributed by atoms with Crippen LogP contribution in [-0.2, 0) is 13.5 Å². The minimum atomic E-state index is 0.703. The normalized spacial score (nSPS) is 11.7.